The Morgan fingerprint density at radius 2 is 1.86 bits per heavy atom. The molecular weight excluding hydrogens is 455 g/mol. The van der Waals surface area contributed by atoms with E-state index in [9.17, 15) is 9.18 Å². The van der Waals surface area contributed by atoms with Crippen LogP contribution in [-0.4, -0.2) is 20.7 Å². The predicted molar refractivity (Wildman–Crippen MR) is 115 cm³/mol. The van der Waals surface area contributed by atoms with Crippen LogP contribution in [0.3, 0.4) is 0 Å². The number of nitrogens with one attached hydrogen (secondary N) is 1. The fourth-order valence-electron chi connectivity index (χ4n) is 2.79. The monoisotopic (exact) mass is 470 g/mol. The molecule has 8 heteroatoms. The number of carbonyl (C=O) groups is 1. The number of carbonyl (C=O) groups excluding carboxylic acids is 1. The van der Waals surface area contributed by atoms with E-state index in [0.29, 0.717) is 18.1 Å². The van der Waals surface area contributed by atoms with E-state index < -0.39 is 0 Å². The van der Waals surface area contributed by atoms with Crippen molar-refractivity contribution in [3.05, 3.63) is 87.7 Å². The first-order chi connectivity index (χ1) is 14.1. The molecule has 0 saturated heterocycles. The lowest BCUT2D eigenvalue weighted by atomic mass is 10.2. The number of thiazole rings is 1. The van der Waals surface area contributed by atoms with E-state index in [1.54, 1.807) is 29.1 Å². The SMILES string of the molecule is O=C(Cc1csc(-c2ccc(F)cc2)n1)Nc1ccnn1Cc1ccc(Br)cc1. The summed E-state index contributed by atoms with van der Waals surface area (Å²) in [6, 6.07) is 15.9. The molecule has 2 aromatic heterocycles. The highest BCUT2D eigenvalue weighted by molar-refractivity contribution is 9.10. The molecule has 0 aliphatic heterocycles. The topological polar surface area (TPSA) is 59.8 Å². The van der Waals surface area contributed by atoms with Gasteiger partial charge in [0.25, 0.3) is 0 Å². The van der Waals surface area contributed by atoms with Gasteiger partial charge in [-0.15, -0.1) is 11.3 Å². The van der Waals surface area contributed by atoms with Crippen LogP contribution in [0.25, 0.3) is 10.6 Å². The zero-order chi connectivity index (χ0) is 20.2. The Labute approximate surface area is 179 Å². The van der Waals surface area contributed by atoms with Crippen molar-refractivity contribution in [3.8, 4) is 10.6 Å². The molecule has 1 N–H and O–H groups in total. The molecule has 0 spiro atoms. The van der Waals surface area contributed by atoms with Gasteiger partial charge in [-0.05, 0) is 42.0 Å². The minimum Gasteiger partial charge on any atom is -0.311 e. The number of aromatic nitrogens is 3. The van der Waals surface area contributed by atoms with E-state index in [1.807, 2.05) is 29.6 Å². The summed E-state index contributed by atoms with van der Waals surface area (Å²) in [6.07, 6.45) is 1.81. The number of benzene rings is 2. The minimum absolute atomic E-state index is 0.154. The maximum absolute atomic E-state index is 13.1. The quantitative estimate of drug-likeness (QED) is 0.424. The fourth-order valence-corrected chi connectivity index (χ4v) is 3.88. The van der Waals surface area contributed by atoms with Crippen molar-refractivity contribution in [1.82, 2.24) is 14.8 Å². The number of rotatable bonds is 6. The highest BCUT2D eigenvalue weighted by atomic mass is 79.9. The van der Waals surface area contributed by atoms with Crippen LogP contribution in [0.1, 0.15) is 11.3 Å². The van der Waals surface area contributed by atoms with Gasteiger partial charge in [-0.2, -0.15) is 5.10 Å². The smallest absolute Gasteiger partial charge is 0.231 e. The second kappa shape index (κ2) is 8.67. The maximum Gasteiger partial charge on any atom is 0.231 e. The van der Waals surface area contributed by atoms with Gasteiger partial charge in [-0.25, -0.2) is 14.1 Å². The standard InChI is InChI=1S/C21H16BrFN4OS/c22-16-5-1-14(2-6-16)12-27-19(9-10-24-27)26-20(28)11-18-13-29-21(25-18)15-3-7-17(23)8-4-15/h1-10,13H,11-12H2,(H,26,28). The van der Waals surface area contributed by atoms with Crippen molar-refractivity contribution in [2.24, 2.45) is 0 Å². The third kappa shape index (κ3) is 4.96. The van der Waals surface area contributed by atoms with Crippen molar-refractivity contribution in [1.29, 1.82) is 0 Å². The molecular formula is C21H16BrFN4OS. The normalized spacial score (nSPS) is 10.8. The Bertz CT molecular complexity index is 1120. The molecule has 0 radical (unpaired) electrons. The Morgan fingerprint density at radius 3 is 2.62 bits per heavy atom. The summed E-state index contributed by atoms with van der Waals surface area (Å²) in [6.45, 7) is 0.557. The number of nitrogens with zero attached hydrogens (tertiary/aromatic N) is 3. The molecule has 1 amide bonds. The first-order valence-corrected chi connectivity index (χ1v) is 10.5. The summed E-state index contributed by atoms with van der Waals surface area (Å²) in [5, 5.41) is 9.79. The summed E-state index contributed by atoms with van der Waals surface area (Å²) in [4.78, 5) is 17.0. The maximum atomic E-state index is 13.1. The predicted octanol–water partition coefficient (Wildman–Crippen LogP) is 5.14. The highest BCUT2D eigenvalue weighted by Gasteiger charge is 2.12. The molecule has 29 heavy (non-hydrogen) atoms. The fraction of sp³-hybridized carbons (Fsp3) is 0.0952. The minimum atomic E-state index is -0.287. The molecule has 0 atom stereocenters. The molecule has 2 aromatic carbocycles. The lowest BCUT2D eigenvalue weighted by molar-refractivity contribution is -0.115. The molecule has 5 nitrogen and oxygen atoms in total. The van der Waals surface area contributed by atoms with Gasteiger partial charge in [0.1, 0.15) is 16.6 Å². The van der Waals surface area contributed by atoms with Crippen LogP contribution < -0.4 is 5.32 Å². The molecule has 0 bridgehead atoms. The first kappa shape index (κ1) is 19.5. The number of amides is 1. The van der Waals surface area contributed by atoms with E-state index >= 15 is 0 Å². The zero-order valence-corrected chi connectivity index (χ0v) is 17.6. The van der Waals surface area contributed by atoms with Crippen LogP contribution in [0.2, 0.25) is 0 Å². The summed E-state index contributed by atoms with van der Waals surface area (Å²) >= 11 is 4.85. The Balaban J connectivity index is 1.40. The number of halogens is 2. The third-order valence-corrected chi connectivity index (χ3v) is 5.68. The molecule has 0 unspecified atom stereocenters. The molecule has 4 aromatic rings. The van der Waals surface area contributed by atoms with Crippen molar-refractivity contribution in [2.45, 2.75) is 13.0 Å². The summed E-state index contributed by atoms with van der Waals surface area (Å²) < 4.78 is 15.8. The molecule has 4 rings (SSSR count). The van der Waals surface area contributed by atoms with E-state index in [0.717, 1.165) is 20.6 Å². The third-order valence-electron chi connectivity index (χ3n) is 4.21. The Kier molecular flexibility index (Phi) is 5.82. The van der Waals surface area contributed by atoms with Gasteiger partial charge in [0.15, 0.2) is 0 Å². The van der Waals surface area contributed by atoms with Gasteiger partial charge in [-0.1, -0.05) is 28.1 Å². The van der Waals surface area contributed by atoms with Crippen molar-refractivity contribution in [3.63, 3.8) is 0 Å². The van der Waals surface area contributed by atoms with Gasteiger partial charge >= 0.3 is 0 Å². The zero-order valence-electron chi connectivity index (χ0n) is 15.2. The van der Waals surface area contributed by atoms with Crippen LogP contribution in [0.15, 0.2) is 70.6 Å². The first-order valence-electron chi connectivity index (χ1n) is 8.83. The van der Waals surface area contributed by atoms with E-state index in [-0.39, 0.29) is 18.1 Å². The molecule has 0 aliphatic carbocycles. The van der Waals surface area contributed by atoms with Crippen molar-refractivity contribution < 1.29 is 9.18 Å². The summed E-state index contributed by atoms with van der Waals surface area (Å²) in [5.41, 5.74) is 2.58. The van der Waals surface area contributed by atoms with Crippen LogP contribution in [0.5, 0.6) is 0 Å². The van der Waals surface area contributed by atoms with Gasteiger partial charge in [0, 0.05) is 21.5 Å². The lowest BCUT2D eigenvalue weighted by Gasteiger charge is -2.09. The average Bonchev–Trinajstić information content (AvgIpc) is 3.34. The molecule has 146 valence electrons. The average molecular weight is 471 g/mol. The molecule has 0 fully saturated rings. The second-order valence-electron chi connectivity index (χ2n) is 6.38. The molecule has 2 heterocycles. The number of hydrogen-bond donors (Lipinski definition) is 1. The second-order valence-corrected chi connectivity index (χ2v) is 8.15. The van der Waals surface area contributed by atoms with Crippen LogP contribution >= 0.6 is 27.3 Å². The Hall–Kier alpha value is -2.84. The lowest BCUT2D eigenvalue weighted by Crippen LogP contribution is -2.18. The van der Waals surface area contributed by atoms with E-state index in [1.165, 1.54) is 23.5 Å². The van der Waals surface area contributed by atoms with Crippen LogP contribution in [0, 0.1) is 5.82 Å². The Morgan fingerprint density at radius 1 is 1.10 bits per heavy atom. The van der Waals surface area contributed by atoms with Crippen LogP contribution in [0.4, 0.5) is 10.2 Å². The number of hydrogen-bond acceptors (Lipinski definition) is 4. The summed E-state index contributed by atoms with van der Waals surface area (Å²) in [7, 11) is 0. The van der Waals surface area contributed by atoms with E-state index in [2.05, 4.69) is 31.3 Å². The van der Waals surface area contributed by atoms with Crippen molar-refractivity contribution in [2.75, 3.05) is 5.32 Å². The van der Waals surface area contributed by atoms with E-state index in [4.69, 9.17) is 0 Å². The van der Waals surface area contributed by atoms with Crippen LogP contribution in [-0.2, 0) is 17.8 Å². The van der Waals surface area contributed by atoms with Gasteiger partial charge in [0.2, 0.25) is 5.91 Å². The molecule has 0 saturated carbocycles. The largest absolute Gasteiger partial charge is 0.311 e. The van der Waals surface area contributed by atoms with Gasteiger partial charge < -0.3 is 5.32 Å². The van der Waals surface area contributed by atoms with Gasteiger partial charge in [0.05, 0.1) is 24.9 Å². The summed E-state index contributed by atoms with van der Waals surface area (Å²) in [5.74, 6) is 0.176. The van der Waals surface area contributed by atoms with Gasteiger partial charge in [-0.3, -0.25) is 4.79 Å². The number of anilines is 1. The highest BCUT2D eigenvalue weighted by Crippen LogP contribution is 2.24. The van der Waals surface area contributed by atoms with Crippen molar-refractivity contribution >= 4 is 39.0 Å². The molecule has 0 aliphatic rings.